The largest absolute Gasteiger partial charge is 0.508 e. The molecule has 45 heavy (non-hydrogen) atoms. The van der Waals surface area contributed by atoms with Crippen LogP contribution in [-0.4, -0.2) is 81.8 Å². The SMILES string of the molecule is Cc1cccc2cc(O)cc(C(=O)N3Cc4nc(OCC5(CN6CCC(CCO)CC6)CC5)nc(N5CCCC(C)C5)c4C3)c12. The summed E-state index contributed by atoms with van der Waals surface area (Å²) in [5.74, 6) is 2.11. The normalized spacial score (nSPS) is 21.7. The molecular weight excluding hydrogens is 566 g/mol. The number of phenols is 1. The van der Waals surface area contributed by atoms with Crippen LogP contribution < -0.4 is 9.64 Å². The number of carbonyl (C=O) groups is 1. The van der Waals surface area contributed by atoms with Gasteiger partial charge in [0, 0.05) is 37.2 Å². The van der Waals surface area contributed by atoms with Crippen LogP contribution in [0.1, 0.15) is 79.0 Å². The fourth-order valence-corrected chi connectivity index (χ4v) is 7.84. The molecule has 2 saturated heterocycles. The third-order valence-corrected chi connectivity index (χ3v) is 10.7. The molecule has 0 spiro atoms. The highest BCUT2D eigenvalue weighted by Gasteiger charge is 2.45. The van der Waals surface area contributed by atoms with Gasteiger partial charge in [-0.1, -0.05) is 25.1 Å². The Morgan fingerprint density at radius 3 is 2.67 bits per heavy atom. The highest BCUT2D eigenvalue weighted by molar-refractivity contribution is 6.09. The Hall–Kier alpha value is -3.43. The molecule has 9 heteroatoms. The number of phenolic OH excluding ortho intramolecular Hbond substituents is 1. The maximum absolute atomic E-state index is 14.1. The molecule has 1 unspecified atom stereocenters. The van der Waals surface area contributed by atoms with E-state index in [0.717, 1.165) is 105 Å². The highest BCUT2D eigenvalue weighted by Crippen LogP contribution is 2.47. The van der Waals surface area contributed by atoms with Crippen molar-refractivity contribution in [2.24, 2.45) is 17.3 Å². The van der Waals surface area contributed by atoms with Crippen LogP contribution in [0.5, 0.6) is 11.8 Å². The first kappa shape index (κ1) is 30.2. The van der Waals surface area contributed by atoms with E-state index in [1.807, 2.05) is 30.0 Å². The van der Waals surface area contributed by atoms with E-state index >= 15 is 0 Å². The minimum absolute atomic E-state index is 0.0927. The summed E-state index contributed by atoms with van der Waals surface area (Å²) in [5, 5.41) is 21.5. The Bertz CT molecular complexity index is 1560. The van der Waals surface area contributed by atoms with Crippen molar-refractivity contribution in [1.29, 1.82) is 0 Å². The van der Waals surface area contributed by atoms with Gasteiger partial charge in [0.1, 0.15) is 11.6 Å². The molecule has 1 atom stereocenters. The monoisotopic (exact) mass is 613 g/mol. The Morgan fingerprint density at radius 1 is 1.09 bits per heavy atom. The smallest absolute Gasteiger partial charge is 0.318 e. The van der Waals surface area contributed by atoms with Crippen molar-refractivity contribution in [2.45, 2.75) is 71.9 Å². The number of benzene rings is 2. The van der Waals surface area contributed by atoms with E-state index in [4.69, 9.17) is 14.7 Å². The third kappa shape index (κ3) is 6.34. The van der Waals surface area contributed by atoms with E-state index < -0.39 is 0 Å². The molecular formula is C36H47N5O4. The predicted octanol–water partition coefficient (Wildman–Crippen LogP) is 5.29. The first-order chi connectivity index (χ1) is 21.8. The molecule has 9 nitrogen and oxygen atoms in total. The minimum Gasteiger partial charge on any atom is -0.508 e. The number of aliphatic hydroxyl groups excluding tert-OH is 1. The molecule has 1 aliphatic carbocycles. The molecule has 4 aliphatic rings. The summed E-state index contributed by atoms with van der Waals surface area (Å²) >= 11 is 0. The lowest BCUT2D eigenvalue weighted by Gasteiger charge is -2.34. The third-order valence-electron chi connectivity index (χ3n) is 10.7. The lowest BCUT2D eigenvalue weighted by molar-refractivity contribution is 0.0751. The van der Waals surface area contributed by atoms with Gasteiger partial charge in [-0.3, -0.25) is 4.79 Å². The molecule has 1 saturated carbocycles. The number of likely N-dealkylation sites (tertiary alicyclic amines) is 1. The molecule has 1 amide bonds. The topological polar surface area (TPSA) is 102 Å². The molecule has 3 aromatic rings. The second kappa shape index (κ2) is 12.4. The van der Waals surface area contributed by atoms with Crippen molar-refractivity contribution in [2.75, 3.05) is 50.8 Å². The minimum atomic E-state index is -0.108. The van der Waals surface area contributed by atoms with Gasteiger partial charge in [0.2, 0.25) is 0 Å². The number of rotatable bonds is 9. The number of hydrogen-bond donors (Lipinski definition) is 2. The molecule has 7 rings (SSSR count). The van der Waals surface area contributed by atoms with Crippen LogP contribution in [0.25, 0.3) is 10.8 Å². The van der Waals surface area contributed by atoms with Crippen molar-refractivity contribution in [3.63, 3.8) is 0 Å². The fraction of sp³-hybridized carbons (Fsp3) is 0.583. The Kier molecular flexibility index (Phi) is 8.33. The van der Waals surface area contributed by atoms with Crippen molar-refractivity contribution in [3.05, 3.63) is 52.7 Å². The Labute approximate surface area is 266 Å². The second-order valence-corrected chi connectivity index (χ2v) is 14.3. The van der Waals surface area contributed by atoms with E-state index in [1.165, 1.54) is 6.42 Å². The summed E-state index contributed by atoms with van der Waals surface area (Å²) in [6.45, 7) is 11.1. The average molecular weight is 614 g/mol. The molecule has 240 valence electrons. The van der Waals surface area contributed by atoms with Crippen LogP contribution in [0.15, 0.2) is 30.3 Å². The number of aromatic hydroxyl groups is 1. The predicted molar refractivity (Wildman–Crippen MR) is 175 cm³/mol. The summed E-state index contributed by atoms with van der Waals surface area (Å²) in [7, 11) is 0. The summed E-state index contributed by atoms with van der Waals surface area (Å²) in [6.07, 6.45) is 7.89. The van der Waals surface area contributed by atoms with Crippen LogP contribution >= 0.6 is 0 Å². The van der Waals surface area contributed by atoms with Gasteiger partial charge in [0.25, 0.3) is 5.91 Å². The number of aromatic nitrogens is 2. The Balaban J connectivity index is 1.11. The van der Waals surface area contributed by atoms with Gasteiger partial charge in [0.15, 0.2) is 0 Å². The van der Waals surface area contributed by atoms with Crippen LogP contribution in [0, 0.1) is 24.2 Å². The summed E-state index contributed by atoms with van der Waals surface area (Å²) in [6, 6.07) is 9.63. The van der Waals surface area contributed by atoms with Crippen molar-refractivity contribution in [1.82, 2.24) is 19.8 Å². The van der Waals surface area contributed by atoms with Crippen LogP contribution in [0.4, 0.5) is 5.82 Å². The van der Waals surface area contributed by atoms with Gasteiger partial charge < -0.3 is 29.6 Å². The molecule has 0 bridgehead atoms. The quantitative estimate of drug-likeness (QED) is 0.336. The van der Waals surface area contributed by atoms with Gasteiger partial charge in [-0.15, -0.1) is 0 Å². The summed E-state index contributed by atoms with van der Waals surface area (Å²) in [4.78, 5) is 30.8. The zero-order chi connectivity index (χ0) is 31.1. The van der Waals surface area contributed by atoms with E-state index in [9.17, 15) is 15.0 Å². The number of fused-ring (bicyclic) bond motifs is 2. The summed E-state index contributed by atoms with van der Waals surface area (Å²) < 4.78 is 6.44. The van der Waals surface area contributed by atoms with Crippen molar-refractivity contribution >= 4 is 22.5 Å². The Morgan fingerprint density at radius 2 is 1.91 bits per heavy atom. The first-order valence-electron chi connectivity index (χ1n) is 16.9. The van der Waals surface area contributed by atoms with E-state index in [0.29, 0.717) is 49.7 Å². The zero-order valence-corrected chi connectivity index (χ0v) is 26.8. The van der Waals surface area contributed by atoms with E-state index in [-0.39, 0.29) is 17.1 Å². The van der Waals surface area contributed by atoms with Crippen LogP contribution in [0.3, 0.4) is 0 Å². The number of aliphatic hydroxyl groups is 1. The van der Waals surface area contributed by atoms with Gasteiger partial charge in [-0.2, -0.15) is 9.97 Å². The van der Waals surface area contributed by atoms with Crippen molar-refractivity contribution < 1.29 is 19.7 Å². The van der Waals surface area contributed by atoms with Gasteiger partial charge in [0.05, 0.1) is 31.0 Å². The van der Waals surface area contributed by atoms with Crippen molar-refractivity contribution in [3.8, 4) is 11.8 Å². The van der Waals surface area contributed by atoms with E-state index in [1.54, 1.807) is 12.1 Å². The molecule has 2 aromatic carbocycles. The molecule has 2 N–H and O–H groups in total. The maximum Gasteiger partial charge on any atom is 0.318 e. The second-order valence-electron chi connectivity index (χ2n) is 14.3. The number of amides is 1. The summed E-state index contributed by atoms with van der Waals surface area (Å²) in [5.41, 5.74) is 3.55. The van der Waals surface area contributed by atoms with Crippen LogP contribution in [-0.2, 0) is 13.1 Å². The number of anilines is 1. The number of aryl methyl sites for hydroxylation is 1. The molecule has 3 aliphatic heterocycles. The highest BCUT2D eigenvalue weighted by atomic mass is 16.5. The first-order valence-corrected chi connectivity index (χ1v) is 16.9. The van der Waals surface area contributed by atoms with Gasteiger partial charge in [-0.05, 0) is 105 Å². The van der Waals surface area contributed by atoms with Crippen LogP contribution in [0.2, 0.25) is 0 Å². The van der Waals surface area contributed by atoms with E-state index in [2.05, 4.69) is 16.7 Å². The fourth-order valence-electron chi connectivity index (χ4n) is 7.84. The number of carbonyl (C=O) groups excluding carboxylic acids is 1. The molecule has 3 fully saturated rings. The number of ether oxygens (including phenoxy) is 1. The molecule has 4 heterocycles. The zero-order valence-electron chi connectivity index (χ0n) is 26.8. The van der Waals surface area contributed by atoms with Gasteiger partial charge in [-0.25, -0.2) is 0 Å². The molecule has 1 aromatic heterocycles. The maximum atomic E-state index is 14.1. The number of piperidine rings is 2. The lowest BCUT2D eigenvalue weighted by Crippen LogP contribution is -2.39. The molecule has 0 radical (unpaired) electrons. The number of hydrogen-bond acceptors (Lipinski definition) is 8. The number of nitrogens with zero attached hydrogens (tertiary/aromatic N) is 5. The average Bonchev–Trinajstić information content (AvgIpc) is 3.66. The lowest BCUT2D eigenvalue weighted by atomic mass is 9.93. The standard InChI is InChI=1S/C36H47N5O4/c1-24-5-4-13-40(19-24)33-30-20-41(34(44)29-18-28(43)17-27-7-3-6-25(2)32(27)29)21-31(30)37-35(38-33)45-23-36(11-12-36)22-39-14-8-26(9-15-39)10-16-42/h3,6-7,17-18,24,26,42-43H,4-5,8-16,19-23H2,1-2H3. The van der Waals surface area contributed by atoms with Gasteiger partial charge >= 0.3 is 6.01 Å².